The molecular formula is C25H21N9O9S3. The molecule has 1 fully saturated rings. The third-order valence-corrected chi connectivity index (χ3v) is 9.01. The van der Waals surface area contributed by atoms with Crippen molar-refractivity contribution in [2.45, 2.75) is 17.0 Å². The summed E-state index contributed by atoms with van der Waals surface area (Å²) < 4.78 is 0. The number of nitrogens with one attached hydrogen (secondary N) is 1. The van der Waals surface area contributed by atoms with E-state index in [1.54, 1.807) is 0 Å². The number of anilines is 3. The van der Waals surface area contributed by atoms with Crippen molar-refractivity contribution in [1.29, 1.82) is 0 Å². The number of hydrogen-bond donors (Lipinski definition) is 8. The number of nitrogen functional groups attached to an aromatic ring is 3. The Kier molecular flexibility index (Phi) is 8.38. The fourth-order valence-corrected chi connectivity index (χ4v) is 6.89. The van der Waals surface area contributed by atoms with E-state index in [4.69, 9.17) is 34.3 Å². The van der Waals surface area contributed by atoms with Crippen LogP contribution in [0.15, 0.2) is 40.5 Å². The Bertz CT molecular complexity index is 1860. The summed E-state index contributed by atoms with van der Waals surface area (Å²) in [5.74, 6) is -6.42. The van der Waals surface area contributed by atoms with Crippen LogP contribution in [0.25, 0.3) is 5.57 Å². The molecule has 0 radical (unpaired) electrons. The molecule has 21 heteroatoms. The van der Waals surface area contributed by atoms with Gasteiger partial charge in [-0.25, -0.2) is 24.5 Å². The van der Waals surface area contributed by atoms with E-state index in [0.717, 1.165) is 51.6 Å². The highest BCUT2D eigenvalue weighted by atomic mass is 32.2. The molecule has 46 heavy (non-hydrogen) atoms. The van der Waals surface area contributed by atoms with Gasteiger partial charge in [0.25, 0.3) is 11.8 Å². The minimum Gasteiger partial charge on any atom is -0.504 e. The van der Waals surface area contributed by atoms with E-state index < -0.39 is 63.7 Å². The summed E-state index contributed by atoms with van der Waals surface area (Å²) in [4.78, 5) is 69.9. The van der Waals surface area contributed by atoms with Crippen LogP contribution in [0.3, 0.4) is 0 Å². The van der Waals surface area contributed by atoms with Gasteiger partial charge in [-0.15, -0.1) is 23.1 Å². The third kappa shape index (κ3) is 5.57. The number of thioether (sulfide) groups is 1. The Balaban J connectivity index is 1.48. The summed E-state index contributed by atoms with van der Waals surface area (Å²) in [5.41, 5.74) is 14.0. The summed E-state index contributed by atoms with van der Waals surface area (Å²) in [6, 6.07) is 4.38. The maximum absolute atomic E-state index is 13.7. The highest BCUT2D eigenvalue weighted by Gasteiger charge is 2.65. The van der Waals surface area contributed by atoms with Crippen LogP contribution in [-0.2, 0) is 24.0 Å². The molecule has 238 valence electrons. The third-order valence-electron chi connectivity index (χ3n) is 6.61. The number of carbonyl (C=O) groups excluding carboxylic acids is 2. The second kappa shape index (κ2) is 12.1. The number of nitrogens with two attached hydrogens (primary N) is 3. The van der Waals surface area contributed by atoms with Crippen molar-refractivity contribution in [3.63, 3.8) is 0 Å². The molecule has 2 aliphatic heterocycles. The number of carboxylic acid groups (broad SMARTS) is 2. The van der Waals surface area contributed by atoms with Gasteiger partial charge in [-0.3, -0.25) is 14.5 Å². The summed E-state index contributed by atoms with van der Waals surface area (Å²) >= 11 is 7.11. The molecular weight excluding hydrogens is 667 g/mol. The van der Waals surface area contributed by atoms with Crippen molar-refractivity contribution in [2.75, 3.05) is 23.0 Å². The predicted molar refractivity (Wildman–Crippen MR) is 167 cm³/mol. The van der Waals surface area contributed by atoms with Gasteiger partial charge in [0.1, 0.15) is 28.4 Å². The molecule has 4 heterocycles. The lowest BCUT2D eigenvalue weighted by Crippen LogP contribution is -2.80. The highest BCUT2D eigenvalue weighted by molar-refractivity contribution is 8.00. The van der Waals surface area contributed by atoms with Gasteiger partial charge in [0.2, 0.25) is 6.10 Å². The number of β-lactam (4-membered cyclic amide) rings is 1. The van der Waals surface area contributed by atoms with Crippen LogP contribution in [0, 0.1) is 0 Å². The van der Waals surface area contributed by atoms with Gasteiger partial charge in [-0.05, 0) is 12.1 Å². The van der Waals surface area contributed by atoms with Gasteiger partial charge in [-0.2, -0.15) is 0 Å². The number of carboxylic acids is 2. The van der Waals surface area contributed by atoms with Gasteiger partial charge in [0.05, 0.1) is 0 Å². The zero-order valence-electron chi connectivity index (χ0n) is 22.8. The van der Waals surface area contributed by atoms with E-state index in [-0.39, 0.29) is 45.2 Å². The number of hydrogen-bond acceptors (Lipinski definition) is 17. The first kappa shape index (κ1) is 31.9. The average molecular weight is 688 g/mol. The van der Waals surface area contributed by atoms with Crippen molar-refractivity contribution in [3.05, 3.63) is 52.4 Å². The number of aliphatic carboxylic acids is 2. The number of rotatable bonds is 10. The first-order chi connectivity index (χ1) is 21.8. The number of nitrogens with zero attached hydrogens (tertiary/aromatic N) is 5. The maximum Gasteiger partial charge on any atom is 0.353 e. The molecule has 18 nitrogen and oxygen atoms in total. The molecule has 11 N–H and O–H groups in total. The fraction of sp³-hybridized carbons (Fsp3) is 0.160. The highest BCUT2D eigenvalue weighted by Crippen LogP contribution is 2.47. The predicted octanol–water partition coefficient (Wildman–Crippen LogP) is -0.0968. The fourth-order valence-electron chi connectivity index (χ4n) is 4.53. The SMILES string of the molecule is Nc1cc(N)nc(C2=C(C(=O)O)N3C(=O)C(C=S)(NC(=O)C(=NOC(C(=O)O)c4ccc(O)c(O)c4)c4csc(N)n4)[C@@H]3SC2)n1. The molecule has 2 amide bonds. The number of aromatic hydroxyl groups is 2. The summed E-state index contributed by atoms with van der Waals surface area (Å²) in [6.07, 6.45) is -1.87. The summed E-state index contributed by atoms with van der Waals surface area (Å²) in [5, 5.41) is 46.6. The van der Waals surface area contributed by atoms with E-state index in [1.165, 1.54) is 11.4 Å². The summed E-state index contributed by atoms with van der Waals surface area (Å²) in [6.45, 7) is 0. The Morgan fingerprint density at radius 2 is 1.83 bits per heavy atom. The average Bonchev–Trinajstić information content (AvgIpc) is 3.43. The van der Waals surface area contributed by atoms with Crippen LogP contribution in [0.5, 0.6) is 11.5 Å². The number of phenolic OH excluding ortho intramolecular Hbond substituents is 2. The number of thiocarbonyl (C=S) groups is 1. The molecule has 3 atom stereocenters. The summed E-state index contributed by atoms with van der Waals surface area (Å²) in [7, 11) is 0. The number of benzene rings is 1. The van der Waals surface area contributed by atoms with Gasteiger partial charge < -0.3 is 47.8 Å². The Hall–Kier alpha value is -5.54. The van der Waals surface area contributed by atoms with Gasteiger partial charge in [-0.1, -0.05) is 23.4 Å². The minimum atomic E-state index is -1.93. The van der Waals surface area contributed by atoms with Crippen LogP contribution < -0.4 is 22.5 Å². The largest absolute Gasteiger partial charge is 0.504 e. The van der Waals surface area contributed by atoms with E-state index in [0.29, 0.717) is 0 Å². The molecule has 5 rings (SSSR count). The Morgan fingerprint density at radius 3 is 2.39 bits per heavy atom. The second-order valence-corrected chi connectivity index (χ2v) is 11.7. The molecule has 2 aromatic heterocycles. The van der Waals surface area contributed by atoms with E-state index in [1.807, 2.05) is 0 Å². The first-order valence-corrected chi connectivity index (χ1v) is 15.0. The molecule has 2 unspecified atom stereocenters. The monoisotopic (exact) mass is 687 g/mol. The normalized spacial score (nSPS) is 19.9. The topological polar surface area (TPSA) is 303 Å². The Labute approximate surface area is 270 Å². The Morgan fingerprint density at radius 1 is 1.13 bits per heavy atom. The first-order valence-electron chi connectivity index (χ1n) is 12.6. The van der Waals surface area contributed by atoms with Gasteiger partial charge in [0, 0.05) is 33.7 Å². The molecule has 2 aliphatic rings. The number of oxime groups is 1. The zero-order chi connectivity index (χ0) is 33.5. The van der Waals surface area contributed by atoms with Crippen LogP contribution >= 0.6 is 35.3 Å². The molecule has 1 aromatic carbocycles. The smallest absolute Gasteiger partial charge is 0.353 e. The molecule has 0 bridgehead atoms. The van der Waals surface area contributed by atoms with Gasteiger partial charge >= 0.3 is 11.9 Å². The number of phenols is 2. The van der Waals surface area contributed by atoms with Crippen LogP contribution in [0.4, 0.5) is 16.8 Å². The second-order valence-electron chi connectivity index (χ2n) is 9.54. The van der Waals surface area contributed by atoms with Crippen molar-refractivity contribution < 1.29 is 44.4 Å². The molecule has 3 aromatic rings. The van der Waals surface area contributed by atoms with Crippen molar-refractivity contribution >= 4 is 92.5 Å². The number of amides is 2. The number of aromatic nitrogens is 3. The number of thiazole rings is 1. The lowest BCUT2D eigenvalue weighted by atomic mass is 9.87. The quantitative estimate of drug-likeness (QED) is 0.0454. The molecule has 0 spiro atoms. The van der Waals surface area contributed by atoms with Crippen molar-refractivity contribution in [2.24, 2.45) is 5.16 Å². The van der Waals surface area contributed by atoms with E-state index >= 15 is 0 Å². The van der Waals surface area contributed by atoms with Crippen LogP contribution in [0.1, 0.15) is 23.2 Å². The number of fused-ring (bicyclic) bond motifs is 1. The zero-order valence-corrected chi connectivity index (χ0v) is 25.3. The standard InChI is InChI=1S/C25H21N9O9S3/c26-13-4-14(27)31-18(30-13)9-5-45-23-25(7-44,22(42)34(23)16(9)20(38)39)32-19(37)15(10-6-46-24(28)29-10)33-43-17(21(40)41)8-1-2-11(35)12(36)3-8/h1-4,6-7,17,23,35-36H,5H2,(H2,28,29)(H,32,37)(H,38,39)(H,40,41)(H4,26,27,30,31)/t17?,23-,25?/m0/s1. The van der Waals surface area contributed by atoms with Crippen molar-refractivity contribution in [1.82, 2.24) is 25.2 Å². The van der Waals surface area contributed by atoms with E-state index in [9.17, 15) is 39.6 Å². The molecule has 0 saturated carbocycles. The van der Waals surface area contributed by atoms with Crippen molar-refractivity contribution in [3.8, 4) is 11.5 Å². The van der Waals surface area contributed by atoms with E-state index in [2.05, 4.69) is 25.4 Å². The van der Waals surface area contributed by atoms with Crippen LogP contribution in [0.2, 0.25) is 0 Å². The number of carbonyl (C=O) groups is 4. The maximum atomic E-state index is 13.7. The molecule has 0 aliphatic carbocycles. The van der Waals surface area contributed by atoms with Crippen LogP contribution in [-0.4, -0.2) is 91.8 Å². The minimum absolute atomic E-state index is 0.0141. The molecule has 1 saturated heterocycles. The lowest BCUT2D eigenvalue weighted by molar-refractivity contribution is -0.153. The van der Waals surface area contributed by atoms with Gasteiger partial charge in [0.15, 0.2) is 33.7 Å². The lowest BCUT2D eigenvalue weighted by Gasteiger charge is -2.55.